The number of hydrogen-bond donors (Lipinski definition) is 1. The molecule has 100 valence electrons. The summed E-state index contributed by atoms with van der Waals surface area (Å²) in [6, 6.07) is 4.15. The zero-order valence-electron chi connectivity index (χ0n) is 10.7. The number of benzene rings is 1. The van der Waals surface area contributed by atoms with Crippen molar-refractivity contribution in [3.8, 4) is 17.2 Å². The fourth-order valence-electron chi connectivity index (χ4n) is 1.05. The maximum Gasteiger partial charge on any atom is 0.338 e. The Morgan fingerprint density at radius 3 is 2.11 bits per heavy atom. The second-order valence-electron chi connectivity index (χ2n) is 3.94. The number of ether oxygens (including phenoxy) is 2. The number of aromatic hydroxyl groups is 1. The molecule has 19 heavy (non-hydrogen) atoms. The van der Waals surface area contributed by atoms with Crippen molar-refractivity contribution in [1.82, 2.24) is 0 Å². The molecule has 0 unspecified atom stereocenters. The summed E-state index contributed by atoms with van der Waals surface area (Å²) in [5.41, 5.74) is 0.334. The number of carbonyl (C=O) groups is 2. The minimum Gasteiger partial charge on any atom is -0.504 e. The summed E-state index contributed by atoms with van der Waals surface area (Å²) in [6.45, 7) is 9.79. The van der Waals surface area contributed by atoms with E-state index in [-0.39, 0.29) is 28.4 Å². The van der Waals surface area contributed by atoms with Crippen LogP contribution in [-0.4, -0.2) is 17.0 Å². The molecular weight excluding hydrogens is 248 g/mol. The van der Waals surface area contributed by atoms with Crippen LogP contribution in [0.25, 0.3) is 0 Å². The number of esters is 2. The van der Waals surface area contributed by atoms with E-state index in [1.807, 2.05) is 0 Å². The molecule has 0 bridgehead atoms. The molecule has 5 nitrogen and oxygen atoms in total. The van der Waals surface area contributed by atoms with Crippen LogP contribution in [0.1, 0.15) is 13.8 Å². The van der Waals surface area contributed by atoms with Gasteiger partial charge in [0.15, 0.2) is 11.5 Å². The van der Waals surface area contributed by atoms with Crippen LogP contribution in [-0.2, 0) is 9.59 Å². The quantitative estimate of drug-likeness (QED) is 0.512. The number of carbonyl (C=O) groups excluding carboxylic acids is 2. The van der Waals surface area contributed by atoms with Crippen molar-refractivity contribution in [2.24, 2.45) is 0 Å². The van der Waals surface area contributed by atoms with E-state index in [1.54, 1.807) is 0 Å². The van der Waals surface area contributed by atoms with Crippen LogP contribution in [0.15, 0.2) is 42.5 Å². The van der Waals surface area contributed by atoms with Crippen LogP contribution in [0.5, 0.6) is 17.2 Å². The van der Waals surface area contributed by atoms with Crippen molar-refractivity contribution in [2.45, 2.75) is 13.8 Å². The number of rotatable bonds is 4. The van der Waals surface area contributed by atoms with Crippen LogP contribution < -0.4 is 9.47 Å². The molecule has 1 aromatic rings. The molecule has 0 amide bonds. The van der Waals surface area contributed by atoms with E-state index in [4.69, 9.17) is 9.47 Å². The first kappa shape index (κ1) is 14.5. The molecule has 0 spiro atoms. The summed E-state index contributed by atoms with van der Waals surface area (Å²) in [4.78, 5) is 22.9. The van der Waals surface area contributed by atoms with Crippen LogP contribution in [0.2, 0.25) is 0 Å². The normalized spacial score (nSPS) is 9.58. The number of phenols is 1. The molecule has 1 aromatic carbocycles. The highest BCUT2D eigenvalue weighted by Gasteiger charge is 2.18. The van der Waals surface area contributed by atoms with Crippen molar-refractivity contribution in [1.29, 1.82) is 0 Å². The summed E-state index contributed by atoms with van der Waals surface area (Å²) in [6.07, 6.45) is 0. The Labute approximate surface area is 110 Å². The third kappa shape index (κ3) is 3.70. The Balaban J connectivity index is 3.08. The van der Waals surface area contributed by atoms with Crippen LogP contribution in [0.4, 0.5) is 0 Å². The molecule has 1 rings (SSSR count). The van der Waals surface area contributed by atoms with Gasteiger partial charge >= 0.3 is 11.9 Å². The SMILES string of the molecule is C=C(C)C(=O)Oc1cccc(O)c1OC(=O)C(=C)C. The molecule has 0 atom stereocenters. The van der Waals surface area contributed by atoms with Crippen molar-refractivity contribution >= 4 is 11.9 Å². The third-order valence-corrected chi connectivity index (χ3v) is 2.05. The topological polar surface area (TPSA) is 72.8 Å². The van der Waals surface area contributed by atoms with Crippen molar-refractivity contribution in [3.05, 3.63) is 42.5 Å². The van der Waals surface area contributed by atoms with Gasteiger partial charge in [-0.3, -0.25) is 0 Å². The summed E-state index contributed by atoms with van der Waals surface area (Å²) < 4.78 is 9.89. The molecule has 0 aliphatic heterocycles. The highest BCUT2D eigenvalue weighted by Crippen LogP contribution is 2.36. The first-order chi connectivity index (χ1) is 8.82. The maximum absolute atomic E-state index is 11.4. The fraction of sp³-hybridized carbons (Fsp3) is 0.143. The second kappa shape index (κ2) is 5.86. The lowest BCUT2D eigenvalue weighted by atomic mass is 10.3. The molecule has 0 radical (unpaired) electrons. The monoisotopic (exact) mass is 262 g/mol. The van der Waals surface area contributed by atoms with Gasteiger partial charge in [0.25, 0.3) is 0 Å². The highest BCUT2D eigenvalue weighted by atomic mass is 16.6. The Hall–Kier alpha value is -2.56. The molecule has 0 aliphatic carbocycles. The number of phenolic OH excluding ortho intramolecular Hbond substituents is 1. The Morgan fingerprint density at radius 2 is 1.58 bits per heavy atom. The minimum absolute atomic E-state index is 0.0670. The van der Waals surface area contributed by atoms with Gasteiger partial charge in [-0.2, -0.15) is 0 Å². The zero-order valence-corrected chi connectivity index (χ0v) is 10.7. The van der Waals surface area contributed by atoms with Crippen LogP contribution in [0.3, 0.4) is 0 Å². The molecule has 0 heterocycles. The highest BCUT2D eigenvalue weighted by molar-refractivity contribution is 5.91. The minimum atomic E-state index is -0.728. The number of hydrogen-bond acceptors (Lipinski definition) is 5. The largest absolute Gasteiger partial charge is 0.504 e. The average molecular weight is 262 g/mol. The van der Waals surface area contributed by atoms with Crippen LogP contribution in [0, 0.1) is 0 Å². The predicted octanol–water partition coefficient (Wildman–Crippen LogP) is 2.36. The van der Waals surface area contributed by atoms with Gasteiger partial charge in [0.1, 0.15) is 0 Å². The lowest BCUT2D eigenvalue weighted by Crippen LogP contribution is -2.12. The fourth-order valence-corrected chi connectivity index (χ4v) is 1.05. The standard InChI is InChI=1S/C14H14O5/c1-8(2)13(16)18-11-7-5-6-10(15)12(11)19-14(17)9(3)4/h5-7,15H,1,3H2,2,4H3. The van der Waals surface area contributed by atoms with E-state index in [2.05, 4.69) is 13.2 Å². The van der Waals surface area contributed by atoms with Gasteiger partial charge < -0.3 is 14.6 Å². The van der Waals surface area contributed by atoms with E-state index >= 15 is 0 Å². The summed E-state index contributed by atoms with van der Waals surface area (Å²) >= 11 is 0. The smallest absolute Gasteiger partial charge is 0.338 e. The summed E-state index contributed by atoms with van der Waals surface area (Å²) in [7, 11) is 0. The van der Waals surface area contributed by atoms with Crippen LogP contribution >= 0.6 is 0 Å². The average Bonchev–Trinajstić information content (AvgIpc) is 2.32. The van der Waals surface area contributed by atoms with E-state index in [9.17, 15) is 14.7 Å². The van der Waals surface area contributed by atoms with Gasteiger partial charge in [-0.05, 0) is 26.0 Å². The van der Waals surface area contributed by atoms with Crippen molar-refractivity contribution in [3.63, 3.8) is 0 Å². The number of para-hydroxylation sites is 1. The maximum atomic E-state index is 11.4. The molecule has 5 heteroatoms. The van der Waals surface area contributed by atoms with Gasteiger partial charge in [0.2, 0.25) is 5.75 Å². The molecule has 0 aliphatic rings. The Kier molecular flexibility index (Phi) is 4.47. The van der Waals surface area contributed by atoms with E-state index in [0.717, 1.165) is 0 Å². The third-order valence-electron chi connectivity index (χ3n) is 2.05. The molecule has 0 fully saturated rings. The predicted molar refractivity (Wildman–Crippen MR) is 69.0 cm³/mol. The Morgan fingerprint density at radius 1 is 1.05 bits per heavy atom. The first-order valence-corrected chi connectivity index (χ1v) is 5.40. The van der Waals surface area contributed by atoms with E-state index < -0.39 is 11.9 Å². The van der Waals surface area contributed by atoms with Gasteiger partial charge in [-0.25, -0.2) is 9.59 Å². The van der Waals surface area contributed by atoms with Crippen molar-refractivity contribution in [2.75, 3.05) is 0 Å². The molecular formula is C14H14O5. The zero-order chi connectivity index (χ0) is 14.6. The van der Waals surface area contributed by atoms with E-state index in [1.165, 1.54) is 32.0 Å². The Bertz CT molecular complexity index is 557. The summed E-state index contributed by atoms with van der Waals surface area (Å²) in [5.74, 6) is -2.03. The molecule has 0 saturated heterocycles. The second-order valence-corrected chi connectivity index (χ2v) is 3.94. The first-order valence-electron chi connectivity index (χ1n) is 5.40. The van der Waals surface area contributed by atoms with Gasteiger partial charge in [-0.15, -0.1) is 0 Å². The summed E-state index contributed by atoms with van der Waals surface area (Å²) in [5, 5.41) is 9.65. The lowest BCUT2D eigenvalue weighted by Gasteiger charge is -2.11. The lowest BCUT2D eigenvalue weighted by molar-refractivity contribution is -0.132. The van der Waals surface area contributed by atoms with Gasteiger partial charge in [0, 0.05) is 11.1 Å². The van der Waals surface area contributed by atoms with Crippen molar-refractivity contribution < 1.29 is 24.2 Å². The van der Waals surface area contributed by atoms with E-state index in [0.29, 0.717) is 0 Å². The van der Waals surface area contributed by atoms with Gasteiger partial charge in [0.05, 0.1) is 0 Å². The van der Waals surface area contributed by atoms with Gasteiger partial charge in [-0.1, -0.05) is 19.2 Å². The molecule has 0 aromatic heterocycles. The molecule has 0 saturated carbocycles. The molecule has 1 N–H and O–H groups in total.